The summed E-state index contributed by atoms with van der Waals surface area (Å²) in [7, 11) is 0. The van der Waals surface area contributed by atoms with Gasteiger partial charge in [-0.3, -0.25) is 0 Å². The standard InChI is InChI=1S/C13H10F3N3O2/c1-7-5-9-10(6-8(7)17-2)19-11(18-9)12(13(14,15)16)20-3-4-21-12/h5-6H,3-4H2,1H3,(H,18,19). The van der Waals surface area contributed by atoms with Crippen molar-refractivity contribution in [3.63, 3.8) is 0 Å². The molecule has 0 saturated carbocycles. The van der Waals surface area contributed by atoms with Crippen LogP contribution in [0.2, 0.25) is 0 Å². The minimum atomic E-state index is -4.75. The van der Waals surface area contributed by atoms with Gasteiger partial charge in [0.2, 0.25) is 0 Å². The fourth-order valence-electron chi connectivity index (χ4n) is 2.28. The number of aromatic nitrogens is 2. The van der Waals surface area contributed by atoms with Crippen molar-refractivity contribution in [3.8, 4) is 0 Å². The topological polar surface area (TPSA) is 51.5 Å². The number of H-pyrrole nitrogens is 1. The highest BCUT2D eigenvalue weighted by molar-refractivity contribution is 5.81. The number of hydrogen-bond acceptors (Lipinski definition) is 3. The maximum atomic E-state index is 13.3. The zero-order valence-corrected chi connectivity index (χ0v) is 10.9. The zero-order valence-electron chi connectivity index (χ0n) is 10.9. The van der Waals surface area contributed by atoms with Crippen molar-refractivity contribution in [2.24, 2.45) is 0 Å². The fraction of sp³-hybridized carbons (Fsp3) is 0.385. The first-order valence-electron chi connectivity index (χ1n) is 6.10. The Morgan fingerprint density at radius 1 is 1.33 bits per heavy atom. The van der Waals surface area contributed by atoms with Crippen molar-refractivity contribution in [3.05, 3.63) is 34.9 Å². The monoisotopic (exact) mass is 297 g/mol. The predicted octanol–water partition coefficient (Wildman–Crippen LogP) is 3.18. The van der Waals surface area contributed by atoms with E-state index in [1.807, 2.05) is 0 Å². The molecule has 0 spiro atoms. The fourth-order valence-corrected chi connectivity index (χ4v) is 2.28. The van der Waals surface area contributed by atoms with Crippen LogP contribution in [-0.4, -0.2) is 29.4 Å². The van der Waals surface area contributed by atoms with Crippen molar-refractivity contribution >= 4 is 16.7 Å². The van der Waals surface area contributed by atoms with Gasteiger partial charge < -0.3 is 14.5 Å². The number of nitrogens with one attached hydrogen (secondary N) is 1. The van der Waals surface area contributed by atoms with Gasteiger partial charge in [-0.25, -0.2) is 9.83 Å². The molecule has 1 aliphatic rings. The van der Waals surface area contributed by atoms with Gasteiger partial charge in [-0.1, -0.05) is 0 Å². The molecule has 0 aliphatic carbocycles. The van der Waals surface area contributed by atoms with Crippen LogP contribution in [0.3, 0.4) is 0 Å². The van der Waals surface area contributed by atoms with E-state index < -0.39 is 17.8 Å². The molecule has 0 atom stereocenters. The molecule has 2 heterocycles. The number of imidazole rings is 1. The lowest BCUT2D eigenvalue weighted by atomic mass is 10.2. The van der Waals surface area contributed by atoms with Crippen LogP contribution in [0.4, 0.5) is 18.9 Å². The molecule has 1 aromatic heterocycles. The Morgan fingerprint density at radius 2 is 2.00 bits per heavy atom. The summed E-state index contributed by atoms with van der Waals surface area (Å²) < 4.78 is 49.5. The lowest BCUT2D eigenvalue weighted by molar-refractivity contribution is -0.355. The van der Waals surface area contributed by atoms with Gasteiger partial charge in [0.05, 0.1) is 30.8 Å². The molecule has 1 aliphatic heterocycles. The van der Waals surface area contributed by atoms with Crippen LogP contribution >= 0.6 is 0 Å². The average molecular weight is 297 g/mol. The van der Waals surface area contributed by atoms with Crippen LogP contribution in [-0.2, 0) is 15.3 Å². The minimum Gasteiger partial charge on any atom is -0.337 e. The molecule has 1 aromatic carbocycles. The largest absolute Gasteiger partial charge is 0.451 e. The van der Waals surface area contributed by atoms with Crippen molar-refractivity contribution < 1.29 is 22.6 Å². The second kappa shape index (κ2) is 4.44. The van der Waals surface area contributed by atoms with E-state index in [0.717, 1.165) is 0 Å². The lowest BCUT2D eigenvalue weighted by Crippen LogP contribution is -2.44. The van der Waals surface area contributed by atoms with Crippen LogP contribution in [0.25, 0.3) is 15.9 Å². The highest BCUT2D eigenvalue weighted by atomic mass is 19.4. The van der Waals surface area contributed by atoms with Crippen LogP contribution in [0, 0.1) is 13.5 Å². The zero-order chi connectivity index (χ0) is 15.3. The van der Waals surface area contributed by atoms with E-state index in [-0.39, 0.29) is 18.7 Å². The highest BCUT2D eigenvalue weighted by Crippen LogP contribution is 2.45. The van der Waals surface area contributed by atoms with Gasteiger partial charge >= 0.3 is 12.0 Å². The van der Waals surface area contributed by atoms with E-state index in [1.165, 1.54) is 6.07 Å². The summed E-state index contributed by atoms with van der Waals surface area (Å²) in [6.07, 6.45) is -4.75. The third-order valence-corrected chi connectivity index (χ3v) is 3.30. The quantitative estimate of drug-likeness (QED) is 0.822. The average Bonchev–Trinajstić information content (AvgIpc) is 3.03. The molecule has 0 bridgehead atoms. The Balaban J connectivity index is 2.19. The molecule has 1 saturated heterocycles. The molecule has 0 radical (unpaired) electrons. The van der Waals surface area contributed by atoms with Gasteiger partial charge in [0, 0.05) is 0 Å². The molecule has 110 valence electrons. The Morgan fingerprint density at radius 3 is 2.57 bits per heavy atom. The molecule has 5 nitrogen and oxygen atoms in total. The third kappa shape index (κ3) is 1.97. The highest BCUT2D eigenvalue weighted by Gasteiger charge is 2.63. The molecule has 8 heteroatoms. The van der Waals surface area contributed by atoms with Gasteiger partial charge in [-0.05, 0) is 24.6 Å². The van der Waals surface area contributed by atoms with Gasteiger partial charge in [-0.15, -0.1) is 0 Å². The summed E-state index contributed by atoms with van der Waals surface area (Å²) in [5.74, 6) is -3.32. The second-order valence-electron chi connectivity index (χ2n) is 4.66. The maximum absolute atomic E-state index is 13.3. The first kappa shape index (κ1) is 13.9. The predicted molar refractivity (Wildman–Crippen MR) is 66.7 cm³/mol. The normalized spacial score (nSPS) is 18.0. The van der Waals surface area contributed by atoms with E-state index in [1.54, 1.807) is 13.0 Å². The van der Waals surface area contributed by atoms with Crippen LogP contribution < -0.4 is 0 Å². The van der Waals surface area contributed by atoms with E-state index >= 15 is 0 Å². The molecule has 21 heavy (non-hydrogen) atoms. The van der Waals surface area contributed by atoms with E-state index in [9.17, 15) is 13.2 Å². The van der Waals surface area contributed by atoms with Crippen LogP contribution in [0.15, 0.2) is 12.1 Å². The summed E-state index contributed by atoms with van der Waals surface area (Å²) in [4.78, 5) is 9.81. The number of alkyl halides is 3. The van der Waals surface area contributed by atoms with Crippen molar-refractivity contribution in [2.45, 2.75) is 18.9 Å². The summed E-state index contributed by atoms with van der Waals surface area (Å²) in [5.41, 5.74) is 1.67. The number of fused-ring (bicyclic) bond motifs is 1. The van der Waals surface area contributed by atoms with Crippen molar-refractivity contribution in [1.29, 1.82) is 0 Å². The molecule has 1 fully saturated rings. The van der Waals surface area contributed by atoms with E-state index in [4.69, 9.17) is 16.0 Å². The molecule has 1 N–H and O–H groups in total. The van der Waals surface area contributed by atoms with Crippen molar-refractivity contribution in [1.82, 2.24) is 9.97 Å². The molecule has 0 unspecified atom stereocenters. The maximum Gasteiger partial charge on any atom is 0.451 e. The number of benzene rings is 1. The van der Waals surface area contributed by atoms with Crippen molar-refractivity contribution in [2.75, 3.05) is 13.2 Å². The number of rotatable bonds is 1. The second-order valence-corrected chi connectivity index (χ2v) is 4.66. The number of aryl methyl sites for hydroxylation is 1. The van der Waals surface area contributed by atoms with Gasteiger partial charge in [-0.2, -0.15) is 13.2 Å². The smallest absolute Gasteiger partial charge is 0.337 e. The number of hydrogen-bond donors (Lipinski definition) is 1. The number of aromatic amines is 1. The first-order chi connectivity index (χ1) is 9.87. The summed E-state index contributed by atoms with van der Waals surface area (Å²) in [6, 6.07) is 3.02. The Hall–Kier alpha value is -2.11. The third-order valence-electron chi connectivity index (χ3n) is 3.30. The Labute approximate surface area is 117 Å². The van der Waals surface area contributed by atoms with Gasteiger partial charge in [0.25, 0.3) is 0 Å². The molecule has 0 amide bonds. The molecular formula is C13H10F3N3O2. The Bertz CT molecular complexity index is 739. The van der Waals surface area contributed by atoms with E-state index in [0.29, 0.717) is 16.8 Å². The lowest BCUT2D eigenvalue weighted by Gasteiger charge is -2.27. The number of nitrogens with zero attached hydrogens (tertiary/aromatic N) is 2. The Kier molecular flexibility index (Phi) is 2.93. The van der Waals surface area contributed by atoms with E-state index in [2.05, 4.69) is 14.8 Å². The van der Waals surface area contributed by atoms with Gasteiger partial charge in [0.15, 0.2) is 11.5 Å². The first-order valence-corrected chi connectivity index (χ1v) is 6.10. The molecule has 2 aromatic rings. The SMILES string of the molecule is [C-]#[N+]c1cc2nc(C3(C(F)(F)F)OCCO3)[nH]c2cc1C. The summed E-state index contributed by atoms with van der Waals surface area (Å²) in [6.45, 7) is 8.40. The summed E-state index contributed by atoms with van der Waals surface area (Å²) in [5, 5.41) is 0. The molecular weight excluding hydrogens is 287 g/mol. The van der Waals surface area contributed by atoms with Crippen LogP contribution in [0.5, 0.6) is 0 Å². The minimum absolute atomic E-state index is 0.164. The molecule has 3 rings (SSSR count). The van der Waals surface area contributed by atoms with Crippen LogP contribution in [0.1, 0.15) is 11.4 Å². The number of halogens is 3. The summed E-state index contributed by atoms with van der Waals surface area (Å²) >= 11 is 0. The number of ether oxygens (including phenoxy) is 2. The van der Waals surface area contributed by atoms with Gasteiger partial charge in [0.1, 0.15) is 0 Å².